The predicted molar refractivity (Wildman–Crippen MR) is 56.6 cm³/mol. The first-order valence-electron chi connectivity index (χ1n) is 4.66. The molecule has 0 amide bonds. The summed E-state index contributed by atoms with van der Waals surface area (Å²) in [7, 11) is 2.12. The van der Waals surface area contributed by atoms with E-state index >= 15 is 0 Å². The van der Waals surface area contributed by atoms with Gasteiger partial charge >= 0.3 is 0 Å². The Morgan fingerprint density at radius 1 is 1.57 bits per heavy atom. The number of halogens is 1. The second kappa shape index (κ2) is 4.11. The molecule has 1 aliphatic heterocycles. The number of likely N-dealkylation sites (tertiary alicyclic amines) is 1. The molecule has 1 N–H and O–H groups in total. The maximum absolute atomic E-state index is 5.76. The Hall–Kier alpha value is -0.870. The fourth-order valence-electron chi connectivity index (χ4n) is 1.67. The molecule has 0 spiro atoms. The van der Waals surface area contributed by atoms with Crippen LogP contribution in [0.1, 0.15) is 6.42 Å². The number of likely N-dealkylation sites (N-methyl/N-ethyl adjacent to an activating group) is 1. The van der Waals surface area contributed by atoms with E-state index in [2.05, 4.69) is 27.2 Å². The lowest BCUT2D eigenvalue weighted by Gasteiger charge is -2.12. The van der Waals surface area contributed by atoms with E-state index in [0.29, 0.717) is 11.2 Å². The van der Waals surface area contributed by atoms with Crippen molar-refractivity contribution in [3.8, 4) is 0 Å². The zero-order valence-electron chi connectivity index (χ0n) is 8.07. The van der Waals surface area contributed by atoms with Crippen molar-refractivity contribution in [2.75, 3.05) is 25.5 Å². The summed E-state index contributed by atoms with van der Waals surface area (Å²) in [5, 5.41) is 3.82. The van der Waals surface area contributed by atoms with Crippen LogP contribution in [0.5, 0.6) is 0 Å². The number of anilines is 1. The van der Waals surface area contributed by atoms with Crippen molar-refractivity contribution in [1.29, 1.82) is 0 Å². The standard InChI is InChI=1S/C9H13ClN4/c1-14-3-2-7(5-14)13-9-4-8(10)11-6-12-9/h4,6-7H,2-3,5H2,1H3,(H,11,12,13). The summed E-state index contributed by atoms with van der Waals surface area (Å²) in [4.78, 5) is 10.2. The van der Waals surface area contributed by atoms with Crippen LogP contribution >= 0.6 is 11.6 Å². The summed E-state index contributed by atoms with van der Waals surface area (Å²) in [6.07, 6.45) is 2.63. The number of hydrogen-bond donors (Lipinski definition) is 1. The zero-order chi connectivity index (χ0) is 9.97. The van der Waals surface area contributed by atoms with Crippen molar-refractivity contribution in [1.82, 2.24) is 14.9 Å². The van der Waals surface area contributed by atoms with Gasteiger partial charge in [-0.3, -0.25) is 0 Å². The number of nitrogens with one attached hydrogen (secondary N) is 1. The minimum Gasteiger partial charge on any atom is -0.366 e. The fourth-order valence-corrected chi connectivity index (χ4v) is 1.82. The first-order chi connectivity index (χ1) is 6.74. The van der Waals surface area contributed by atoms with Crippen LogP contribution in [0.3, 0.4) is 0 Å². The summed E-state index contributed by atoms with van der Waals surface area (Å²) >= 11 is 5.76. The van der Waals surface area contributed by atoms with Crippen molar-refractivity contribution in [3.63, 3.8) is 0 Å². The molecule has 1 aromatic heterocycles. The third-order valence-electron chi connectivity index (χ3n) is 2.38. The molecule has 2 heterocycles. The van der Waals surface area contributed by atoms with Crippen LogP contribution in [-0.2, 0) is 0 Å². The Kier molecular flexibility index (Phi) is 2.84. The molecule has 1 aromatic rings. The number of aromatic nitrogens is 2. The highest BCUT2D eigenvalue weighted by Crippen LogP contribution is 2.14. The van der Waals surface area contributed by atoms with E-state index in [1.54, 1.807) is 6.07 Å². The third-order valence-corrected chi connectivity index (χ3v) is 2.58. The highest BCUT2D eigenvalue weighted by molar-refractivity contribution is 6.29. The summed E-state index contributed by atoms with van der Waals surface area (Å²) in [5.74, 6) is 0.810. The normalized spacial score (nSPS) is 22.6. The van der Waals surface area contributed by atoms with E-state index in [1.165, 1.54) is 6.33 Å². The molecule has 4 nitrogen and oxygen atoms in total. The lowest BCUT2D eigenvalue weighted by atomic mass is 10.2. The van der Waals surface area contributed by atoms with Gasteiger partial charge in [0.2, 0.25) is 0 Å². The van der Waals surface area contributed by atoms with Crippen molar-refractivity contribution in [2.45, 2.75) is 12.5 Å². The SMILES string of the molecule is CN1CCC(Nc2cc(Cl)ncn2)C1. The Morgan fingerprint density at radius 3 is 3.07 bits per heavy atom. The quantitative estimate of drug-likeness (QED) is 0.750. The lowest BCUT2D eigenvalue weighted by molar-refractivity contribution is 0.414. The van der Waals surface area contributed by atoms with Crippen LogP contribution in [-0.4, -0.2) is 41.0 Å². The van der Waals surface area contributed by atoms with Crippen LogP contribution in [0.25, 0.3) is 0 Å². The van der Waals surface area contributed by atoms with Gasteiger partial charge in [-0.2, -0.15) is 0 Å². The zero-order valence-corrected chi connectivity index (χ0v) is 8.83. The summed E-state index contributed by atoms with van der Waals surface area (Å²) in [6.45, 7) is 2.19. The highest BCUT2D eigenvalue weighted by Gasteiger charge is 2.19. The molecule has 1 unspecified atom stereocenters. The van der Waals surface area contributed by atoms with E-state index in [1.807, 2.05) is 0 Å². The molecule has 1 saturated heterocycles. The molecule has 1 aliphatic rings. The molecular formula is C9H13ClN4. The largest absolute Gasteiger partial charge is 0.366 e. The number of rotatable bonds is 2. The minimum absolute atomic E-state index is 0.478. The average molecular weight is 213 g/mol. The van der Waals surface area contributed by atoms with Gasteiger partial charge in [-0.25, -0.2) is 9.97 Å². The third kappa shape index (κ3) is 2.33. The van der Waals surface area contributed by atoms with Crippen molar-refractivity contribution in [2.24, 2.45) is 0 Å². The van der Waals surface area contributed by atoms with Crippen LogP contribution in [0.4, 0.5) is 5.82 Å². The van der Waals surface area contributed by atoms with Crippen molar-refractivity contribution < 1.29 is 0 Å². The van der Waals surface area contributed by atoms with Gasteiger partial charge in [-0.05, 0) is 20.0 Å². The summed E-state index contributed by atoms with van der Waals surface area (Å²) in [6, 6.07) is 2.23. The van der Waals surface area contributed by atoms with Crippen molar-refractivity contribution >= 4 is 17.4 Å². The molecule has 0 aromatic carbocycles. The van der Waals surface area contributed by atoms with Gasteiger partial charge < -0.3 is 10.2 Å². The molecule has 0 bridgehead atoms. The van der Waals surface area contributed by atoms with Gasteiger partial charge in [0.25, 0.3) is 0 Å². The van der Waals surface area contributed by atoms with Crippen LogP contribution in [0.2, 0.25) is 5.15 Å². The fraction of sp³-hybridized carbons (Fsp3) is 0.556. The molecule has 0 aliphatic carbocycles. The molecule has 2 rings (SSSR count). The second-order valence-corrected chi connectivity index (χ2v) is 4.01. The summed E-state index contributed by atoms with van der Waals surface area (Å²) in [5.41, 5.74) is 0. The first-order valence-corrected chi connectivity index (χ1v) is 5.04. The number of nitrogens with zero attached hydrogens (tertiary/aromatic N) is 3. The molecular weight excluding hydrogens is 200 g/mol. The van der Waals surface area contributed by atoms with Gasteiger partial charge in [0, 0.05) is 18.7 Å². The van der Waals surface area contributed by atoms with Gasteiger partial charge in [-0.15, -0.1) is 0 Å². The average Bonchev–Trinajstić information content (AvgIpc) is 2.51. The van der Waals surface area contributed by atoms with E-state index in [9.17, 15) is 0 Å². The van der Waals surface area contributed by atoms with Crippen LogP contribution in [0, 0.1) is 0 Å². The Balaban J connectivity index is 1.97. The van der Waals surface area contributed by atoms with Crippen LogP contribution in [0.15, 0.2) is 12.4 Å². The van der Waals surface area contributed by atoms with Gasteiger partial charge in [-0.1, -0.05) is 11.6 Å². The molecule has 1 fully saturated rings. The van der Waals surface area contributed by atoms with Crippen LogP contribution < -0.4 is 5.32 Å². The van der Waals surface area contributed by atoms with E-state index in [4.69, 9.17) is 11.6 Å². The molecule has 14 heavy (non-hydrogen) atoms. The lowest BCUT2D eigenvalue weighted by Crippen LogP contribution is -2.23. The van der Waals surface area contributed by atoms with E-state index in [-0.39, 0.29) is 0 Å². The second-order valence-electron chi connectivity index (χ2n) is 3.62. The summed E-state index contributed by atoms with van der Waals surface area (Å²) < 4.78 is 0. The van der Waals surface area contributed by atoms with Gasteiger partial charge in [0.15, 0.2) is 0 Å². The number of hydrogen-bond acceptors (Lipinski definition) is 4. The maximum Gasteiger partial charge on any atom is 0.134 e. The molecule has 5 heteroatoms. The Labute approximate surface area is 88.3 Å². The monoisotopic (exact) mass is 212 g/mol. The minimum atomic E-state index is 0.478. The predicted octanol–water partition coefficient (Wildman–Crippen LogP) is 1.25. The van der Waals surface area contributed by atoms with Crippen molar-refractivity contribution in [3.05, 3.63) is 17.5 Å². The Bertz CT molecular complexity index is 317. The molecule has 0 radical (unpaired) electrons. The van der Waals surface area contributed by atoms with E-state index < -0.39 is 0 Å². The Morgan fingerprint density at radius 2 is 2.43 bits per heavy atom. The molecule has 1 atom stereocenters. The smallest absolute Gasteiger partial charge is 0.134 e. The first kappa shape index (κ1) is 9.68. The van der Waals surface area contributed by atoms with E-state index in [0.717, 1.165) is 25.3 Å². The highest BCUT2D eigenvalue weighted by atomic mass is 35.5. The van der Waals surface area contributed by atoms with Gasteiger partial charge in [0.1, 0.15) is 17.3 Å². The molecule has 76 valence electrons. The molecule has 0 saturated carbocycles. The topological polar surface area (TPSA) is 41.0 Å². The van der Waals surface area contributed by atoms with Gasteiger partial charge in [0.05, 0.1) is 0 Å². The maximum atomic E-state index is 5.76.